The molecule has 5 nitrogen and oxygen atoms in total. The summed E-state index contributed by atoms with van der Waals surface area (Å²) in [6, 6.07) is 11.9. The number of hydrogen-bond acceptors (Lipinski definition) is 6. The third-order valence-corrected chi connectivity index (χ3v) is 7.43. The molecule has 2 N–H and O–H groups in total. The van der Waals surface area contributed by atoms with Gasteiger partial charge in [0.2, 0.25) is 5.88 Å². The molecule has 7 heteroatoms. The van der Waals surface area contributed by atoms with E-state index >= 15 is 0 Å². The molecule has 1 aliphatic heterocycles. The van der Waals surface area contributed by atoms with Crippen LogP contribution in [0.4, 0.5) is 0 Å². The first kappa shape index (κ1) is 21.7. The van der Waals surface area contributed by atoms with Gasteiger partial charge in [-0.3, -0.25) is 4.79 Å². The summed E-state index contributed by atoms with van der Waals surface area (Å²) in [4.78, 5) is 15.1. The molecule has 1 atom stereocenters. The molecule has 0 bridgehead atoms. The minimum absolute atomic E-state index is 0.0218. The highest BCUT2D eigenvalue weighted by Crippen LogP contribution is 2.49. The SMILES string of the molecule is Cc1sc([C@@H]2C(C#N)=C(N)OC3=C2C(=O)CC(C)(C)C3)cc1COc1ccccc1Br. The topological polar surface area (TPSA) is 85.3 Å². The van der Waals surface area contributed by atoms with Gasteiger partial charge >= 0.3 is 0 Å². The highest BCUT2D eigenvalue weighted by atomic mass is 79.9. The summed E-state index contributed by atoms with van der Waals surface area (Å²) >= 11 is 5.06. The van der Waals surface area contributed by atoms with Crippen LogP contribution in [0.15, 0.2) is 57.6 Å². The zero-order chi connectivity index (χ0) is 22.3. The predicted octanol–water partition coefficient (Wildman–Crippen LogP) is 5.85. The number of benzene rings is 1. The first-order valence-electron chi connectivity index (χ1n) is 10.0. The Morgan fingerprint density at radius 3 is 2.81 bits per heavy atom. The molecule has 160 valence electrons. The van der Waals surface area contributed by atoms with Crippen molar-refractivity contribution in [2.75, 3.05) is 0 Å². The molecular formula is C24H23BrN2O3S. The molecule has 1 aromatic carbocycles. The minimum atomic E-state index is -0.488. The molecule has 4 rings (SSSR count). The lowest BCUT2D eigenvalue weighted by Gasteiger charge is -2.36. The standard InChI is InChI=1S/C24H23BrN2O3S/c1-13-14(12-29-18-7-5-4-6-16(18)25)8-20(31-13)21-15(11-26)23(27)30-19-10-24(2,3)9-17(28)22(19)21/h4-8,21H,9-10,12,27H2,1-3H3/t21-/m0/s1. The zero-order valence-electron chi connectivity index (χ0n) is 17.6. The second kappa shape index (κ2) is 8.18. The van der Waals surface area contributed by atoms with Crippen LogP contribution in [0.2, 0.25) is 0 Å². The number of rotatable bonds is 4. The molecule has 0 fully saturated rings. The van der Waals surface area contributed by atoms with Gasteiger partial charge in [0.1, 0.15) is 29.8 Å². The lowest BCUT2D eigenvalue weighted by atomic mass is 9.71. The molecule has 0 spiro atoms. The summed E-state index contributed by atoms with van der Waals surface area (Å²) in [6.07, 6.45) is 1.04. The van der Waals surface area contributed by atoms with E-state index in [1.165, 1.54) is 0 Å². The Kier molecular flexibility index (Phi) is 5.71. The lowest BCUT2D eigenvalue weighted by Crippen LogP contribution is -2.33. The molecule has 1 aromatic heterocycles. The Labute approximate surface area is 194 Å². The van der Waals surface area contributed by atoms with Crippen molar-refractivity contribution in [3.05, 3.63) is 72.9 Å². The number of carbonyl (C=O) groups is 1. The van der Waals surface area contributed by atoms with Crippen LogP contribution in [0.3, 0.4) is 0 Å². The maximum atomic E-state index is 13.1. The Morgan fingerprint density at radius 2 is 2.10 bits per heavy atom. The molecule has 0 saturated heterocycles. The number of ketones is 1. The summed E-state index contributed by atoms with van der Waals surface area (Å²) < 4.78 is 12.7. The Balaban J connectivity index is 1.70. The fourth-order valence-corrected chi connectivity index (χ4v) is 5.67. The minimum Gasteiger partial charge on any atom is -0.488 e. The van der Waals surface area contributed by atoms with E-state index in [2.05, 4.69) is 22.0 Å². The average Bonchev–Trinajstić information content (AvgIpc) is 3.05. The van der Waals surface area contributed by atoms with Crippen molar-refractivity contribution in [2.24, 2.45) is 11.1 Å². The van der Waals surface area contributed by atoms with Crippen LogP contribution in [-0.4, -0.2) is 5.78 Å². The maximum absolute atomic E-state index is 13.1. The van der Waals surface area contributed by atoms with Crippen molar-refractivity contribution in [1.29, 1.82) is 5.26 Å². The first-order valence-corrected chi connectivity index (χ1v) is 11.6. The van der Waals surface area contributed by atoms with E-state index in [-0.39, 0.29) is 17.1 Å². The van der Waals surface area contributed by atoms with E-state index in [1.54, 1.807) is 11.3 Å². The highest BCUT2D eigenvalue weighted by Gasteiger charge is 2.43. The molecule has 2 aliphatic rings. The van der Waals surface area contributed by atoms with E-state index in [1.807, 2.05) is 51.1 Å². The van der Waals surface area contributed by atoms with Crippen LogP contribution in [-0.2, 0) is 16.1 Å². The fraction of sp³-hybridized carbons (Fsp3) is 0.333. The number of thiophene rings is 1. The van der Waals surface area contributed by atoms with Gasteiger partial charge in [-0.2, -0.15) is 5.26 Å². The molecule has 0 radical (unpaired) electrons. The number of Topliss-reactive ketones (excluding diaryl/α,β-unsaturated/α-hetero) is 1. The number of nitrogens with two attached hydrogens (primary N) is 1. The summed E-state index contributed by atoms with van der Waals surface area (Å²) in [7, 11) is 0. The number of para-hydroxylation sites is 1. The number of ether oxygens (including phenoxy) is 2. The van der Waals surface area contributed by atoms with E-state index in [0.717, 1.165) is 25.5 Å². The molecule has 2 aromatic rings. The van der Waals surface area contributed by atoms with Crippen molar-refractivity contribution in [1.82, 2.24) is 0 Å². The van der Waals surface area contributed by atoms with Gasteiger partial charge in [-0.1, -0.05) is 26.0 Å². The lowest BCUT2D eigenvalue weighted by molar-refractivity contribution is -0.119. The van der Waals surface area contributed by atoms with Gasteiger partial charge in [-0.25, -0.2) is 0 Å². The van der Waals surface area contributed by atoms with Gasteiger partial charge in [0.15, 0.2) is 5.78 Å². The third kappa shape index (κ3) is 4.15. The predicted molar refractivity (Wildman–Crippen MR) is 123 cm³/mol. The average molecular weight is 499 g/mol. The maximum Gasteiger partial charge on any atom is 0.205 e. The molecule has 0 unspecified atom stereocenters. The van der Waals surface area contributed by atoms with E-state index < -0.39 is 5.92 Å². The fourth-order valence-electron chi connectivity index (χ4n) is 4.12. The smallest absolute Gasteiger partial charge is 0.205 e. The van der Waals surface area contributed by atoms with Gasteiger partial charge in [0.25, 0.3) is 0 Å². The zero-order valence-corrected chi connectivity index (χ0v) is 20.0. The Hall–Kier alpha value is -2.56. The van der Waals surface area contributed by atoms with E-state index in [4.69, 9.17) is 15.2 Å². The highest BCUT2D eigenvalue weighted by molar-refractivity contribution is 9.10. The normalized spacial score (nSPS) is 20.2. The number of nitrogens with zero attached hydrogens (tertiary/aromatic N) is 1. The third-order valence-electron chi connectivity index (χ3n) is 5.62. The van der Waals surface area contributed by atoms with Gasteiger partial charge < -0.3 is 15.2 Å². The molecule has 0 amide bonds. The van der Waals surface area contributed by atoms with Crippen molar-refractivity contribution >= 4 is 33.0 Å². The number of hydrogen-bond donors (Lipinski definition) is 1. The van der Waals surface area contributed by atoms with Gasteiger partial charge in [-0.05, 0) is 46.5 Å². The summed E-state index contributed by atoms with van der Waals surface area (Å²) in [5.41, 5.74) is 7.81. The Bertz CT molecular complexity index is 1170. The van der Waals surface area contributed by atoms with Gasteiger partial charge in [0, 0.05) is 33.7 Å². The summed E-state index contributed by atoms with van der Waals surface area (Å²) in [6.45, 7) is 6.49. The first-order chi connectivity index (χ1) is 14.7. The Morgan fingerprint density at radius 1 is 1.35 bits per heavy atom. The second-order valence-electron chi connectivity index (χ2n) is 8.65. The molecular weight excluding hydrogens is 476 g/mol. The van der Waals surface area contributed by atoms with Crippen LogP contribution in [0.25, 0.3) is 0 Å². The van der Waals surface area contributed by atoms with Gasteiger partial charge in [-0.15, -0.1) is 11.3 Å². The quantitative estimate of drug-likeness (QED) is 0.571. The van der Waals surface area contributed by atoms with Crippen molar-refractivity contribution in [3.63, 3.8) is 0 Å². The van der Waals surface area contributed by atoms with Crippen molar-refractivity contribution in [3.8, 4) is 11.8 Å². The van der Waals surface area contributed by atoms with Crippen LogP contribution < -0.4 is 10.5 Å². The van der Waals surface area contributed by atoms with Gasteiger partial charge in [0.05, 0.1) is 10.4 Å². The molecule has 31 heavy (non-hydrogen) atoms. The largest absolute Gasteiger partial charge is 0.488 e. The molecule has 2 heterocycles. The number of nitriles is 1. The number of allylic oxidation sites excluding steroid dienone is 3. The molecule has 0 saturated carbocycles. The number of halogens is 1. The van der Waals surface area contributed by atoms with Crippen molar-refractivity contribution in [2.45, 2.75) is 46.1 Å². The monoisotopic (exact) mass is 498 g/mol. The van der Waals surface area contributed by atoms with Crippen molar-refractivity contribution < 1.29 is 14.3 Å². The van der Waals surface area contributed by atoms with Crippen LogP contribution in [0, 0.1) is 23.7 Å². The van der Waals surface area contributed by atoms with E-state index in [9.17, 15) is 10.1 Å². The summed E-state index contributed by atoms with van der Waals surface area (Å²) in [5, 5.41) is 9.80. The number of aryl methyl sites for hydroxylation is 1. The van der Waals surface area contributed by atoms with E-state index in [0.29, 0.717) is 36.4 Å². The van der Waals surface area contributed by atoms with Crippen LogP contribution >= 0.6 is 27.3 Å². The van der Waals surface area contributed by atoms with Crippen LogP contribution in [0.1, 0.15) is 47.9 Å². The number of carbonyl (C=O) groups excluding carboxylic acids is 1. The summed E-state index contributed by atoms with van der Waals surface area (Å²) in [5.74, 6) is 0.984. The van der Waals surface area contributed by atoms with Crippen LogP contribution in [0.5, 0.6) is 5.75 Å². The molecule has 1 aliphatic carbocycles. The second-order valence-corrected chi connectivity index (χ2v) is 10.8.